The second-order valence-corrected chi connectivity index (χ2v) is 17.4. The minimum atomic E-state index is 1.21. The molecule has 0 aliphatic heterocycles. The van der Waals surface area contributed by atoms with Gasteiger partial charge in [-0.15, -0.1) is 0 Å². The van der Waals surface area contributed by atoms with E-state index in [0.717, 1.165) is 0 Å². The van der Waals surface area contributed by atoms with Gasteiger partial charge in [0.15, 0.2) is 0 Å². The molecule has 0 bridgehead atoms. The van der Waals surface area contributed by atoms with E-state index in [2.05, 4.69) is 301 Å². The quantitative estimate of drug-likeness (QED) is 0.176. The zero-order chi connectivity index (χ0) is 50.2. The van der Waals surface area contributed by atoms with Crippen molar-refractivity contribution < 1.29 is 0 Å². The van der Waals surface area contributed by atoms with Crippen LogP contribution in [0.2, 0.25) is 0 Å². The van der Waals surface area contributed by atoms with Crippen LogP contribution in [-0.2, 0) is 0 Å². The number of hydrogen-bond donors (Lipinski definition) is 2. The van der Waals surface area contributed by atoms with Crippen LogP contribution in [-0.4, -0.2) is 9.97 Å². The van der Waals surface area contributed by atoms with Gasteiger partial charge in [0.25, 0.3) is 0 Å². The lowest BCUT2D eigenvalue weighted by atomic mass is 10.1. The van der Waals surface area contributed by atoms with Gasteiger partial charge in [0.2, 0.25) is 0 Å². The van der Waals surface area contributed by atoms with Crippen molar-refractivity contribution in [1.82, 2.24) is 9.97 Å². The molecule has 356 valence electrons. The third-order valence-electron chi connectivity index (χ3n) is 12.4. The maximum atomic E-state index is 3.38. The summed E-state index contributed by atoms with van der Waals surface area (Å²) in [5.41, 5.74) is 15.1. The van der Waals surface area contributed by atoms with E-state index in [0.29, 0.717) is 0 Å². The molecule has 2 N–H and O–H groups in total. The Labute approximate surface area is 435 Å². The summed E-state index contributed by atoms with van der Waals surface area (Å²) in [4.78, 5) is 6.76. The van der Waals surface area contributed by atoms with Crippen molar-refractivity contribution in [2.45, 2.75) is 0 Å². The molecule has 74 heavy (non-hydrogen) atoms. The van der Waals surface area contributed by atoms with Crippen LogP contribution in [0, 0.1) is 0 Å². The lowest BCUT2D eigenvalue weighted by molar-refractivity contribution is 1.55. The van der Waals surface area contributed by atoms with Crippen LogP contribution < -0.4 is 0 Å². The highest BCUT2D eigenvalue weighted by Crippen LogP contribution is 2.26. The number of nitrogens with one attached hydrogen (secondary N) is 2. The predicted octanol–water partition coefficient (Wildman–Crippen LogP) is 20.1. The lowest BCUT2D eigenvalue weighted by Crippen LogP contribution is -1.73. The first-order valence-corrected chi connectivity index (χ1v) is 25.1. The van der Waals surface area contributed by atoms with Crippen molar-refractivity contribution in [3.63, 3.8) is 0 Å². The van der Waals surface area contributed by atoms with E-state index in [4.69, 9.17) is 0 Å². The van der Waals surface area contributed by atoms with E-state index in [1.54, 1.807) is 0 Å². The van der Waals surface area contributed by atoms with Gasteiger partial charge in [-0.2, -0.15) is 0 Å². The normalized spacial score (nSPS) is 10.2. The van der Waals surface area contributed by atoms with Crippen LogP contribution in [0.25, 0.3) is 88.1 Å². The molecule has 14 aromatic rings. The molecule has 14 rings (SSSR count). The number of aromatic nitrogens is 2. The van der Waals surface area contributed by atoms with E-state index in [-0.39, 0.29) is 0 Å². The van der Waals surface area contributed by atoms with E-state index in [1.165, 1.54) is 88.1 Å². The molecule has 0 unspecified atom stereocenters. The van der Waals surface area contributed by atoms with Gasteiger partial charge in [0.05, 0.1) is 0 Å². The first kappa shape index (κ1) is 49.2. The molecular formula is C72H58N2. The zero-order valence-corrected chi connectivity index (χ0v) is 41.3. The molecule has 2 aromatic heterocycles. The van der Waals surface area contributed by atoms with Gasteiger partial charge in [-0.05, 0) is 68.8 Å². The summed E-state index contributed by atoms with van der Waals surface area (Å²) >= 11 is 0. The van der Waals surface area contributed by atoms with Crippen molar-refractivity contribution >= 4 is 43.6 Å². The molecule has 0 amide bonds. The summed E-state index contributed by atoms with van der Waals surface area (Å²) in [5, 5.41) is 5.22. The summed E-state index contributed by atoms with van der Waals surface area (Å²) < 4.78 is 0. The van der Waals surface area contributed by atoms with Gasteiger partial charge in [-0.25, -0.2) is 0 Å². The number of rotatable bonds is 4. The number of hydrogen-bond acceptors (Lipinski definition) is 0. The van der Waals surface area contributed by atoms with Crippen LogP contribution >= 0.6 is 0 Å². The van der Waals surface area contributed by atoms with Crippen molar-refractivity contribution in [1.29, 1.82) is 0 Å². The van der Waals surface area contributed by atoms with E-state index in [9.17, 15) is 0 Å². The highest BCUT2D eigenvalue weighted by atomic mass is 14.7. The zero-order valence-electron chi connectivity index (χ0n) is 41.3. The SMILES string of the molecule is c1ccc(-c2ccccc2)cc1.c1ccc(-c2ccccc2)cc1.c1ccc(-c2ccccc2)cc1.c1ccc(-c2ccccc2)cc1.c1ccc2c(c1)[nH]c1ccccc12.c1ccc2c(c1)[nH]c1ccccc12. The van der Waals surface area contributed by atoms with Gasteiger partial charge in [-0.3, -0.25) is 0 Å². The summed E-state index contributed by atoms with van der Waals surface area (Å²) in [5.74, 6) is 0. The Morgan fingerprint density at radius 1 is 0.122 bits per heavy atom. The maximum absolute atomic E-state index is 3.38. The average molecular weight is 951 g/mol. The molecular weight excluding hydrogens is 893 g/mol. The molecule has 2 heteroatoms. The molecule has 0 radical (unpaired) electrons. The summed E-state index contributed by atoms with van der Waals surface area (Å²) in [6.45, 7) is 0. The number of aromatic amines is 2. The molecule has 0 aliphatic carbocycles. The standard InChI is InChI=1S/2C12H9N.4C12H10/c2*1-3-7-11-9(5-1)10-6-2-4-8-12(10)13-11;4*1-3-7-11(8-4-1)12-9-5-2-6-10-12/h2*1-8,13H;4*1-10H. The van der Waals surface area contributed by atoms with Crippen LogP contribution in [0.4, 0.5) is 0 Å². The fourth-order valence-electron chi connectivity index (χ4n) is 8.64. The van der Waals surface area contributed by atoms with Crippen LogP contribution in [0.1, 0.15) is 0 Å². The number of benzene rings is 12. The topological polar surface area (TPSA) is 31.6 Å². The average Bonchev–Trinajstić information content (AvgIpc) is 4.09. The molecule has 12 aromatic carbocycles. The lowest BCUT2D eigenvalue weighted by Gasteiger charge is -1.98. The Morgan fingerprint density at radius 3 is 0.392 bits per heavy atom. The van der Waals surface area contributed by atoms with E-state index < -0.39 is 0 Å². The van der Waals surface area contributed by atoms with Gasteiger partial charge >= 0.3 is 0 Å². The Hall–Kier alpha value is -9.76. The minimum absolute atomic E-state index is 1.21. The molecule has 2 nitrogen and oxygen atoms in total. The number of H-pyrrole nitrogens is 2. The smallest absolute Gasteiger partial charge is 0.0464 e. The molecule has 2 heterocycles. The Bertz CT molecular complexity index is 3120. The molecule has 0 aliphatic rings. The highest BCUT2D eigenvalue weighted by Gasteiger charge is 2.02. The monoisotopic (exact) mass is 950 g/mol. The summed E-state index contributed by atoms with van der Waals surface area (Å²) in [7, 11) is 0. The van der Waals surface area contributed by atoms with Crippen LogP contribution in [0.15, 0.2) is 340 Å². The van der Waals surface area contributed by atoms with Gasteiger partial charge < -0.3 is 9.97 Å². The Balaban J connectivity index is 0.000000109. The van der Waals surface area contributed by atoms with E-state index in [1.807, 2.05) is 48.5 Å². The van der Waals surface area contributed by atoms with Gasteiger partial charge in [0, 0.05) is 43.6 Å². The fourth-order valence-corrected chi connectivity index (χ4v) is 8.64. The van der Waals surface area contributed by atoms with Crippen molar-refractivity contribution in [3.8, 4) is 44.5 Å². The van der Waals surface area contributed by atoms with Crippen molar-refractivity contribution in [3.05, 3.63) is 340 Å². The summed E-state index contributed by atoms with van der Waals surface area (Å²) in [6.07, 6.45) is 0. The van der Waals surface area contributed by atoms with Crippen molar-refractivity contribution in [2.75, 3.05) is 0 Å². The second-order valence-electron chi connectivity index (χ2n) is 17.4. The molecule has 0 fully saturated rings. The Kier molecular flexibility index (Phi) is 17.6. The van der Waals surface area contributed by atoms with Crippen molar-refractivity contribution in [2.24, 2.45) is 0 Å². The largest absolute Gasteiger partial charge is 0.355 e. The molecule has 0 spiro atoms. The third-order valence-corrected chi connectivity index (χ3v) is 12.4. The fraction of sp³-hybridized carbons (Fsp3) is 0. The molecule has 0 saturated heterocycles. The van der Waals surface area contributed by atoms with Gasteiger partial charge in [0.1, 0.15) is 0 Å². The number of fused-ring (bicyclic) bond motifs is 6. The van der Waals surface area contributed by atoms with Crippen LogP contribution in [0.3, 0.4) is 0 Å². The molecule has 0 atom stereocenters. The minimum Gasteiger partial charge on any atom is -0.355 e. The summed E-state index contributed by atoms with van der Waals surface area (Å²) in [6, 6.07) is 117. The first-order chi connectivity index (χ1) is 36.8. The predicted molar refractivity (Wildman–Crippen MR) is 319 cm³/mol. The van der Waals surface area contributed by atoms with E-state index >= 15 is 0 Å². The highest BCUT2D eigenvalue weighted by molar-refractivity contribution is 6.07. The van der Waals surface area contributed by atoms with Crippen LogP contribution in [0.5, 0.6) is 0 Å². The maximum Gasteiger partial charge on any atom is 0.0464 e. The Morgan fingerprint density at radius 2 is 0.243 bits per heavy atom. The third kappa shape index (κ3) is 13.8. The van der Waals surface area contributed by atoms with Gasteiger partial charge in [-0.1, -0.05) is 315 Å². The number of para-hydroxylation sites is 4. The molecule has 0 saturated carbocycles. The second kappa shape index (κ2) is 26.4. The first-order valence-electron chi connectivity index (χ1n) is 25.1.